The molecule has 0 fully saturated rings. The van der Waals surface area contributed by atoms with E-state index in [4.69, 9.17) is 0 Å². The van der Waals surface area contributed by atoms with E-state index in [-0.39, 0.29) is 30.4 Å². The third-order valence-electron chi connectivity index (χ3n) is 5.13. The van der Waals surface area contributed by atoms with E-state index in [1.54, 1.807) is 0 Å². The van der Waals surface area contributed by atoms with Gasteiger partial charge in [-0.05, 0) is 67.9 Å². The van der Waals surface area contributed by atoms with Crippen molar-refractivity contribution in [3.63, 3.8) is 0 Å². The molecule has 0 spiro atoms. The number of amides is 2. The van der Waals surface area contributed by atoms with Crippen molar-refractivity contribution in [1.82, 2.24) is 10.9 Å². The minimum absolute atomic E-state index is 0.0415. The van der Waals surface area contributed by atoms with Crippen LogP contribution in [-0.2, 0) is 24.1 Å². The minimum atomic E-state index is -0.372. The molecule has 3 rings (SSSR count). The molecule has 148 valence electrons. The molecular weight excluding hydrogens is 372 g/mol. The van der Waals surface area contributed by atoms with Crippen molar-refractivity contribution in [2.45, 2.75) is 58.8 Å². The van der Waals surface area contributed by atoms with Gasteiger partial charge in [0.2, 0.25) is 5.91 Å². The molecule has 1 aliphatic rings. The zero-order valence-electron chi connectivity index (χ0n) is 16.4. The maximum absolute atomic E-state index is 12.4. The molecule has 1 aromatic heterocycles. The van der Waals surface area contributed by atoms with Crippen LogP contribution in [0.5, 0.6) is 0 Å². The van der Waals surface area contributed by atoms with Crippen LogP contribution in [0.25, 0.3) is 0 Å². The maximum Gasteiger partial charge on any atom is 0.279 e. The quantitative estimate of drug-likeness (QED) is 0.572. The molecule has 0 bridgehead atoms. The van der Waals surface area contributed by atoms with Gasteiger partial charge in [-0.25, -0.2) is 0 Å². The first-order valence-corrected chi connectivity index (χ1v) is 10.6. The summed E-state index contributed by atoms with van der Waals surface area (Å²) in [4.78, 5) is 38.3. The SMILES string of the molecule is CCc1sc(C(=O)NNC(=O)CCC(=O)c2ccc3c(c2)CCCC3)cc1C. The van der Waals surface area contributed by atoms with Crippen LogP contribution in [0, 0.1) is 6.92 Å². The highest BCUT2D eigenvalue weighted by molar-refractivity contribution is 7.14. The van der Waals surface area contributed by atoms with Crippen molar-refractivity contribution in [3.8, 4) is 0 Å². The van der Waals surface area contributed by atoms with Gasteiger partial charge < -0.3 is 0 Å². The van der Waals surface area contributed by atoms with E-state index in [1.807, 2.05) is 38.1 Å². The number of aryl methyl sites for hydroxylation is 4. The number of benzene rings is 1. The maximum atomic E-state index is 12.4. The van der Waals surface area contributed by atoms with Crippen molar-refractivity contribution in [2.75, 3.05) is 0 Å². The molecule has 0 unspecified atom stereocenters. The fourth-order valence-corrected chi connectivity index (χ4v) is 4.52. The molecule has 1 aromatic carbocycles. The summed E-state index contributed by atoms with van der Waals surface area (Å²) in [6, 6.07) is 7.69. The first-order chi connectivity index (χ1) is 13.5. The van der Waals surface area contributed by atoms with Crippen LogP contribution in [0.1, 0.15) is 74.2 Å². The summed E-state index contributed by atoms with van der Waals surface area (Å²) < 4.78 is 0. The first-order valence-electron chi connectivity index (χ1n) is 9.81. The van der Waals surface area contributed by atoms with Crippen LogP contribution in [0.2, 0.25) is 0 Å². The Bertz CT molecular complexity index is 901. The van der Waals surface area contributed by atoms with E-state index in [0.29, 0.717) is 10.4 Å². The number of carbonyl (C=O) groups is 3. The zero-order valence-corrected chi connectivity index (χ0v) is 17.2. The molecule has 6 heteroatoms. The lowest BCUT2D eigenvalue weighted by Gasteiger charge is -2.16. The summed E-state index contributed by atoms with van der Waals surface area (Å²) in [6.07, 6.45) is 5.51. The van der Waals surface area contributed by atoms with Gasteiger partial charge >= 0.3 is 0 Å². The lowest BCUT2D eigenvalue weighted by Crippen LogP contribution is -2.41. The van der Waals surface area contributed by atoms with Gasteiger partial charge in [0.25, 0.3) is 5.91 Å². The number of Topliss-reactive ketones (excluding diaryl/α,β-unsaturated/α-hetero) is 1. The van der Waals surface area contributed by atoms with Crippen LogP contribution in [-0.4, -0.2) is 17.6 Å². The van der Waals surface area contributed by atoms with E-state index < -0.39 is 0 Å². The molecule has 0 atom stereocenters. The van der Waals surface area contributed by atoms with Crippen molar-refractivity contribution in [1.29, 1.82) is 0 Å². The van der Waals surface area contributed by atoms with E-state index in [0.717, 1.165) is 36.1 Å². The Hall–Kier alpha value is -2.47. The topological polar surface area (TPSA) is 75.3 Å². The van der Waals surface area contributed by atoms with E-state index in [1.165, 1.54) is 28.9 Å². The summed E-state index contributed by atoms with van der Waals surface area (Å²) in [7, 11) is 0. The molecule has 0 aliphatic heterocycles. The molecule has 2 aromatic rings. The predicted octanol–water partition coefficient (Wildman–Crippen LogP) is 3.92. The van der Waals surface area contributed by atoms with Crippen LogP contribution < -0.4 is 10.9 Å². The Kier molecular flexibility index (Phi) is 6.62. The second-order valence-electron chi connectivity index (χ2n) is 7.19. The molecule has 0 saturated carbocycles. The molecule has 2 amide bonds. The van der Waals surface area contributed by atoms with Crippen LogP contribution in [0.3, 0.4) is 0 Å². The molecule has 0 saturated heterocycles. The third kappa shape index (κ3) is 4.87. The Balaban J connectivity index is 1.47. The predicted molar refractivity (Wildman–Crippen MR) is 111 cm³/mol. The number of hydrogen-bond acceptors (Lipinski definition) is 4. The molecule has 1 aliphatic carbocycles. The third-order valence-corrected chi connectivity index (χ3v) is 6.51. The van der Waals surface area contributed by atoms with Crippen LogP contribution in [0.4, 0.5) is 0 Å². The Morgan fingerprint density at radius 3 is 2.46 bits per heavy atom. The Morgan fingerprint density at radius 2 is 1.75 bits per heavy atom. The molecule has 2 N–H and O–H groups in total. The fourth-order valence-electron chi connectivity index (χ4n) is 3.51. The molecule has 0 radical (unpaired) electrons. The van der Waals surface area contributed by atoms with Gasteiger partial charge in [0.15, 0.2) is 5.78 Å². The van der Waals surface area contributed by atoms with E-state index in [2.05, 4.69) is 10.9 Å². The number of carbonyl (C=O) groups excluding carboxylic acids is 3. The van der Waals surface area contributed by atoms with Gasteiger partial charge in [0, 0.05) is 23.3 Å². The van der Waals surface area contributed by atoms with E-state index in [9.17, 15) is 14.4 Å². The van der Waals surface area contributed by atoms with Gasteiger partial charge in [-0.15, -0.1) is 11.3 Å². The number of nitrogens with one attached hydrogen (secondary N) is 2. The molecule has 1 heterocycles. The average molecular weight is 399 g/mol. The number of hydrazine groups is 1. The van der Waals surface area contributed by atoms with E-state index >= 15 is 0 Å². The van der Waals surface area contributed by atoms with Crippen molar-refractivity contribution in [2.24, 2.45) is 0 Å². The highest BCUT2D eigenvalue weighted by Gasteiger charge is 2.15. The van der Waals surface area contributed by atoms with Gasteiger partial charge in [-0.3, -0.25) is 25.2 Å². The largest absolute Gasteiger partial charge is 0.294 e. The monoisotopic (exact) mass is 398 g/mol. The van der Waals surface area contributed by atoms with Gasteiger partial charge in [0.1, 0.15) is 0 Å². The normalized spacial score (nSPS) is 12.9. The van der Waals surface area contributed by atoms with Gasteiger partial charge in [0.05, 0.1) is 4.88 Å². The molecule has 28 heavy (non-hydrogen) atoms. The Labute approximate surface area is 169 Å². The summed E-state index contributed by atoms with van der Waals surface area (Å²) in [5, 5.41) is 0. The number of hydrogen-bond donors (Lipinski definition) is 2. The summed E-state index contributed by atoms with van der Waals surface area (Å²) in [5.41, 5.74) is 9.16. The smallest absolute Gasteiger partial charge is 0.279 e. The second kappa shape index (κ2) is 9.15. The summed E-state index contributed by atoms with van der Waals surface area (Å²) in [6.45, 7) is 4.01. The zero-order chi connectivity index (χ0) is 20.1. The van der Waals surface area contributed by atoms with Crippen molar-refractivity contribution >= 4 is 28.9 Å². The average Bonchev–Trinajstić information content (AvgIpc) is 3.10. The second-order valence-corrected chi connectivity index (χ2v) is 8.32. The highest BCUT2D eigenvalue weighted by atomic mass is 32.1. The number of fused-ring (bicyclic) bond motifs is 1. The first kappa shape index (κ1) is 20.3. The van der Waals surface area contributed by atoms with Crippen LogP contribution >= 0.6 is 11.3 Å². The number of thiophene rings is 1. The van der Waals surface area contributed by atoms with Crippen molar-refractivity contribution < 1.29 is 14.4 Å². The minimum Gasteiger partial charge on any atom is -0.294 e. The molecular formula is C22H26N2O3S. The Morgan fingerprint density at radius 1 is 1.00 bits per heavy atom. The fraction of sp³-hybridized carbons (Fsp3) is 0.409. The highest BCUT2D eigenvalue weighted by Crippen LogP contribution is 2.23. The van der Waals surface area contributed by atoms with Crippen molar-refractivity contribution in [3.05, 3.63) is 56.3 Å². The number of rotatable bonds is 6. The summed E-state index contributed by atoms with van der Waals surface area (Å²) in [5.74, 6) is -0.748. The summed E-state index contributed by atoms with van der Waals surface area (Å²) >= 11 is 1.43. The standard InChI is InChI=1S/C22H26N2O3S/c1-3-19-14(2)12-20(28-19)22(27)24-23-21(26)11-10-18(25)17-9-8-15-6-4-5-7-16(15)13-17/h8-9,12-13H,3-7,10-11H2,1-2H3,(H,23,26)(H,24,27). The van der Waals surface area contributed by atoms with Gasteiger partial charge in [-0.1, -0.05) is 19.1 Å². The number of ketones is 1. The molecule has 5 nitrogen and oxygen atoms in total. The lowest BCUT2D eigenvalue weighted by molar-refractivity contribution is -0.121. The van der Waals surface area contributed by atoms with Crippen LogP contribution in [0.15, 0.2) is 24.3 Å². The lowest BCUT2D eigenvalue weighted by atomic mass is 9.89. The van der Waals surface area contributed by atoms with Gasteiger partial charge in [-0.2, -0.15) is 0 Å².